The third-order valence-corrected chi connectivity index (χ3v) is 6.55. The largest absolute Gasteiger partial charge is 0.490 e. The molecule has 0 saturated carbocycles. The third-order valence-electron chi connectivity index (χ3n) is 6.55. The summed E-state index contributed by atoms with van der Waals surface area (Å²) in [7, 11) is 0. The number of rotatable bonds is 9. The molecule has 2 aromatic carbocycles. The lowest BCUT2D eigenvalue weighted by Gasteiger charge is -2.42. The van der Waals surface area contributed by atoms with Crippen molar-refractivity contribution in [3.05, 3.63) is 72.1 Å². The van der Waals surface area contributed by atoms with Gasteiger partial charge in [0.1, 0.15) is 18.0 Å². The van der Waals surface area contributed by atoms with Gasteiger partial charge in [-0.05, 0) is 50.6 Å². The average molecular weight is 581 g/mol. The summed E-state index contributed by atoms with van der Waals surface area (Å²) in [5, 5.41) is 13.7. The Kier molecular flexibility index (Phi) is 7.45. The predicted octanol–water partition coefficient (Wildman–Crippen LogP) is 3.57. The summed E-state index contributed by atoms with van der Waals surface area (Å²) in [5.74, 6) is -1.82. The number of nitrogens with zero attached hydrogens (tertiary/aromatic N) is 4. The molecule has 12 nitrogen and oxygen atoms in total. The van der Waals surface area contributed by atoms with E-state index in [0.717, 1.165) is 10.5 Å². The lowest BCUT2D eigenvalue weighted by atomic mass is 9.97. The van der Waals surface area contributed by atoms with Crippen molar-refractivity contribution in [1.82, 2.24) is 19.7 Å². The van der Waals surface area contributed by atoms with Crippen molar-refractivity contribution in [2.24, 2.45) is 0 Å². The molecule has 3 amide bonds. The van der Waals surface area contributed by atoms with Crippen LogP contribution in [0.4, 0.5) is 9.18 Å². The van der Waals surface area contributed by atoms with Crippen LogP contribution in [-0.4, -0.2) is 85.8 Å². The molecule has 3 aromatic rings. The maximum Gasteiger partial charge on any atom is 0.407 e. The summed E-state index contributed by atoms with van der Waals surface area (Å²) in [6, 6.07) is 13.0. The first-order valence-corrected chi connectivity index (χ1v) is 13.1. The van der Waals surface area contributed by atoms with E-state index in [4.69, 9.17) is 19.4 Å². The number of imide groups is 1. The highest BCUT2D eigenvalue weighted by Gasteiger charge is 2.46. The Morgan fingerprint density at radius 3 is 2.21 bits per heavy atom. The van der Waals surface area contributed by atoms with Crippen molar-refractivity contribution in [3.63, 3.8) is 0 Å². The van der Waals surface area contributed by atoms with Crippen LogP contribution in [0.15, 0.2) is 60.9 Å². The molecule has 0 aliphatic carbocycles. The van der Waals surface area contributed by atoms with Gasteiger partial charge in [-0.2, -0.15) is 5.10 Å². The van der Waals surface area contributed by atoms with Gasteiger partial charge in [-0.3, -0.25) is 14.3 Å². The van der Waals surface area contributed by atoms with Crippen molar-refractivity contribution in [3.8, 4) is 16.9 Å². The zero-order chi connectivity index (χ0) is 30.2. The van der Waals surface area contributed by atoms with Crippen LogP contribution in [0.3, 0.4) is 0 Å². The van der Waals surface area contributed by atoms with Crippen molar-refractivity contribution in [2.75, 3.05) is 19.7 Å². The number of aromatic nitrogens is 2. The van der Waals surface area contributed by atoms with Crippen LogP contribution in [-0.2, 0) is 20.9 Å². The SMILES string of the molecule is CC(C)(C)OC(=O)C(COc1ccc(-c2cnn(CC3(F)CN(C(=O)O)C3)c2)cc1)ON1C(=O)c2ccccc2C1=O. The number of hydrogen-bond donors (Lipinski definition) is 1. The minimum absolute atomic E-state index is 0.0723. The Hall–Kier alpha value is -4.78. The summed E-state index contributed by atoms with van der Waals surface area (Å²) in [6.07, 6.45) is 0.649. The Bertz CT molecular complexity index is 1490. The molecule has 1 unspecified atom stereocenters. The molecule has 1 N–H and O–H groups in total. The highest BCUT2D eigenvalue weighted by atomic mass is 19.1. The van der Waals surface area contributed by atoms with Gasteiger partial charge in [-0.25, -0.2) is 18.8 Å². The molecule has 2 aliphatic rings. The fraction of sp³-hybridized carbons (Fsp3) is 0.345. The second-order valence-corrected chi connectivity index (χ2v) is 11.1. The highest BCUT2D eigenvalue weighted by molar-refractivity contribution is 6.20. The summed E-state index contributed by atoms with van der Waals surface area (Å²) < 4.78 is 27.4. The number of hydrogen-bond acceptors (Lipinski definition) is 8. The second kappa shape index (κ2) is 10.9. The number of hydroxylamine groups is 2. The number of halogens is 1. The molecule has 1 aromatic heterocycles. The molecule has 1 saturated heterocycles. The van der Waals surface area contributed by atoms with Gasteiger partial charge in [0.2, 0.25) is 6.10 Å². The van der Waals surface area contributed by atoms with E-state index < -0.39 is 41.3 Å². The van der Waals surface area contributed by atoms with E-state index in [1.54, 1.807) is 69.6 Å². The second-order valence-electron chi connectivity index (χ2n) is 11.1. The fourth-order valence-electron chi connectivity index (χ4n) is 4.58. The van der Waals surface area contributed by atoms with Crippen molar-refractivity contribution in [2.45, 2.75) is 44.7 Å². The van der Waals surface area contributed by atoms with Gasteiger partial charge in [0.05, 0.1) is 37.0 Å². The molecule has 1 fully saturated rings. The zero-order valence-corrected chi connectivity index (χ0v) is 23.2. The average Bonchev–Trinajstić information content (AvgIpc) is 3.47. The van der Waals surface area contributed by atoms with Crippen LogP contribution in [0.2, 0.25) is 0 Å². The molecule has 13 heteroatoms. The Balaban J connectivity index is 1.23. The van der Waals surface area contributed by atoms with Crippen molar-refractivity contribution < 1.29 is 43.0 Å². The lowest BCUT2D eigenvalue weighted by molar-refractivity contribution is -0.193. The van der Waals surface area contributed by atoms with Gasteiger partial charge in [-0.1, -0.05) is 24.3 Å². The quantitative estimate of drug-likeness (QED) is 0.297. The number of esters is 1. The number of fused-ring (bicyclic) bond motifs is 1. The van der Waals surface area contributed by atoms with Gasteiger partial charge in [0, 0.05) is 11.8 Å². The molecule has 3 heterocycles. The number of amides is 3. The first-order valence-electron chi connectivity index (χ1n) is 13.1. The van der Waals surface area contributed by atoms with Crippen molar-refractivity contribution in [1.29, 1.82) is 0 Å². The standard InChI is InChI=1S/C29H29FN4O8/c1-28(2,3)41-26(37)23(42-34-24(35)21-6-4-5-7-22(21)25(34)36)14-40-20-10-8-18(9-11-20)19-12-31-33(13-19)17-29(30)15-32(16-29)27(38)39/h4-13,23H,14-17H2,1-3H3,(H,38,39). The number of carbonyl (C=O) groups excluding carboxylic acids is 3. The highest BCUT2D eigenvalue weighted by Crippen LogP contribution is 2.29. The van der Waals surface area contributed by atoms with Crippen LogP contribution < -0.4 is 4.74 Å². The summed E-state index contributed by atoms with van der Waals surface area (Å²) in [5.41, 5.74) is -0.723. The minimum atomic E-state index is -1.67. The monoisotopic (exact) mass is 580 g/mol. The fourth-order valence-corrected chi connectivity index (χ4v) is 4.58. The summed E-state index contributed by atoms with van der Waals surface area (Å²) >= 11 is 0. The van der Waals surface area contributed by atoms with E-state index in [-0.39, 0.29) is 37.4 Å². The molecule has 0 radical (unpaired) electrons. The van der Waals surface area contributed by atoms with Gasteiger partial charge in [0.25, 0.3) is 11.8 Å². The lowest BCUT2D eigenvalue weighted by Crippen LogP contribution is -2.62. The molecule has 220 valence electrons. The van der Waals surface area contributed by atoms with E-state index in [2.05, 4.69) is 5.10 Å². The maximum absolute atomic E-state index is 14.7. The van der Waals surface area contributed by atoms with Gasteiger partial charge in [-0.15, -0.1) is 5.06 Å². The molecular weight excluding hydrogens is 551 g/mol. The first kappa shape index (κ1) is 28.7. The van der Waals surface area contributed by atoms with Crippen LogP contribution in [0.5, 0.6) is 5.75 Å². The van der Waals surface area contributed by atoms with E-state index in [1.807, 2.05) is 0 Å². The van der Waals surface area contributed by atoms with E-state index in [0.29, 0.717) is 16.4 Å². The predicted molar refractivity (Wildman–Crippen MR) is 144 cm³/mol. The molecule has 0 spiro atoms. The first-order chi connectivity index (χ1) is 19.8. The molecular formula is C29H29FN4O8. The summed E-state index contributed by atoms with van der Waals surface area (Å²) in [6.45, 7) is 4.19. The molecule has 42 heavy (non-hydrogen) atoms. The Morgan fingerprint density at radius 1 is 1.02 bits per heavy atom. The number of carbonyl (C=O) groups is 4. The topological polar surface area (TPSA) is 140 Å². The molecule has 5 rings (SSSR count). The van der Waals surface area contributed by atoms with E-state index >= 15 is 0 Å². The third kappa shape index (κ3) is 6.10. The van der Waals surface area contributed by atoms with E-state index in [1.165, 1.54) is 16.8 Å². The van der Waals surface area contributed by atoms with Crippen molar-refractivity contribution >= 4 is 23.9 Å². The smallest absolute Gasteiger partial charge is 0.407 e. The van der Waals surface area contributed by atoms with Crippen LogP contribution in [0, 0.1) is 0 Å². The van der Waals surface area contributed by atoms with Gasteiger partial charge >= 0.3 is 12.1 Å². The van der Waals surface area contributed by atoms with Gasteiger partial charge in [0.15, 0.2) is 5.67 Å². The normalized spacial score (nSPS) is 16.6. The van der Waals surface area contributed by atoms with E-state index in [9.17, 15) is 23.6 Å². The van der Waals surface area contributed by atoms with Crippen LogP contribution >= 0.6 is 0 Å². The van der Waals surface area contributed by atoms with Gasteiger partial charge < -0.3 is 19.5 Å². The number of ether oxygens (including phenoxy) is 2. The molecule has 0 bridgehead atoms. The Labute approximate surface area is 240 Å². The summed E-state index contributed by atoms with van der Waals surface area (Å²) in [4.78, 5) is 56.0. The number of carboxylic acid groups (broad SMARTS) is 1. The zero-order valence-electron chi connectivity index (χ0n) is 23.2. The van der Waals surface area contributed by atoms with Crippen LogP contribution in [0.1, 0.15) is 41.5 Å². The Morgan fingerprint density at radius 2 is 1.64 bits per heavy atom. The number of benzene rings is 2. The molecule has 1 atom stereocenters. The minimum Gasteiger partial charge on any atom is -0.490 e. The number of likely N-dealkylation sites (tertiary alicyclic amines) is 1. The molecule has 2 aliphatic heterocycles. The number of alkyl halides is 1. The van der Waals surface area contributed by atoms with Crippen LogP contribution in [0.25, 0.3) is 11.1 Å². The maximum atomic E-state index is 14.7.